The molecule has 0 aliphatic heterocycles. The molecule has 2 aromatic carbocycles. The van der Waals surface area contributed by atoms with Gasteiger partial charge in [-0.3, -0.25) is 0 Å². The predicted octanol–water partition coefficient (Wildman–Crippen LogP) is 4.09. The van der Waals surface area contributed by atoms with Gasteiger partial charge in [-0.05, 0) is 58.5 Å². The van der Waals surface area contributed by atoms with Crippen LogP contribution in [0.4, 0.5) is 0 Å². The minimum atomic E-state index is -0.347. The topological polar surface area (TPSA) is 29.5 Å². The van der Waals surface area contributed by atoms with Crippen LogP contribution in [0.5, 0.6) is 5.75 Å². The Bertz CT molecular complexity index is 620. The smallest absolute Gasteiger partial charge is 0.133 e. The fourth-order valence-corrected chi connectivity index (χ4v) is 3.56. The van der Waals surface area contributed by atoms with Crippen LogP contribution in [0.2, 0.25) is 0 Å². The third-order valence-corrected chi connectivity index (χ3v) is 5.04. The van der Waals surface area contributed by atoms with Gasteiger partial charge in [-0.15, -0.1) is 0 Å². The van der Waals surface area contributed by atoms with Crippen LogP contribution in [0.25, 0.3) is 0 Å². The minimum absolute atomic E-state index is 0.0480. The number of aliphatic hydroxyl groups excluding tert-OH is 1. The van der Waals surface area contributed by atoms with Crippen LogP contribution in [0.15, 0.2) is 53.0 Å². The number of halogens is 1. The van der Waals surface area contributed by atoms with Gasteiger partial charge in [0.05, 0.1) is 17.7 Å². The van der Waals surface area contributed by atoms with E-state index < -0.39 is 0 Å². The summed E-state index contributed by atoms with van der Waals surface area (Å²) in [7, 11) is 1.66. The van der Waals surface area contributed by atoms with Crippen molar-refractivity contribution in [2.75, 3.05) is 7.11 Å². The Balaban J connectivity index is 1.78. The number of methoxy groups -OCH3 is 1. The van der Waals surface area contributed by atoms with E-state index in [4.69, 9.17) is 4.74 Å². The maximum atomic E-state index is 10.7. The van der Waals surface area contributed by atoms with Crippen molar-refractivity contribution in [3.05, 3.63) is 64.1 Å². The van der Waals surface area contributed by atoms with Crippen molar-refractivity contribution in [1.82, 2.24) is 0 Å². The van der Waals surface area contributed by atoms with Crippen molar-refractivity contribution < 1.29 is 9.84 Å². The molecule has 3 rings (SSSR count). The Morgan fingerprint density at radius 3 is 2.48 bits per heavy atom. The van der Waals surface area contributed by atoms with Crippen LogP contribution in [0, 0.1) is 0 Å². The average molecular weight is 347 g/mol. The van der Waals surface area contributed by atoms with Crippen molar-refractivity contribution in [3.63, 3.8) is 0 Å². The normalized spacial score (nSPS) is 17.3. The molecule has 0 spiro atoms. The second-order valence-corrected chi connectivity index (χ2v) is 6.57. The van der Waals surface area contributed by atoms with Gasteiger partial charge in [0, 0.05) is 5.41 Å². The number of hydrogen-bond donors (Lipinski definition) is 1. The average Bonchev–Trinajstić information content (AvgIpc) is 3.30. The van der Waals surface area contributed by atoms with Gasteiger partial charge in [0.2, 0.25) is 0 Å². The van der Waals surface area contributed by atoms with E-state index in [9.17, 15) is 5.11 Å². The molecule has 0 amide bonds. The van der Waals surface area contributed by atoms with Crippen LogP contribution in [-0.2, 0) is 11.8 Å². The molecular formula is C18H19BrO2. The summed E-state index contributed by atoms with van der Waals surface area (Å²) < 4.78 is 6.17. The Kier molecular flexibility index (Phi) is 4.05. The van der Waals surface area contributed by atoms with E-state index >= 15 is 0 Å². The summed E-state index contributed by atoms with van der Waals surface area (Å²) in [5.74, 6) is 0.817. The molecule has 2 aromatic rings. The van der Waals surface area contributed by atoms with Crippen molar-refractivity contribution >= 4 is 15.9 Å². The summed E-state index contributed by atoms with van der Waals surface area (Å²) in [5.41, 5.74) is 2.33. The lowest BCUT2D eigenvalue weighted by atomic mass is 9.86. The van der Waals surface area contributed by atoms with E-state index in [0.29, 0.717) is 6.42 Å². The Morgan fingerprint density at radius 2 is 1.90 bits per heavy atom. The second-order valence-electron chi connectivity index (χ2n) is 5.71. The van der Waals surface area contributed by atoms with Crippen molar-refractivity contribution in [3.8, 4) is 5.75 Å². The van der Waals surface area contributed by atoms with E-state index in [1.54, 1.807) is 7.11 Å². The fourth-order valence-electron chi connectivity index (χ4n) is 2.97. The molecule has 0 aromatic heterocycles. The summed E-state index contributed by atoms with van der Waals surface area (Å²) in [4.78, 5) is 0. The van der Waals surface area contributed by atoms with Gasteiger partial charge in [0.1, 0.15) is 5.75 Å². The first-order valence-electron chi connectivity index (χ1n) is 7.22. The highest BCUT2D eigenvalue weighted by molar-refractivity contribution is 9.10. The first kappa shape index (κ1) is 14.6. The lowest BCUT2D eigenvalue weighted by molar-refractivity contribution is 0.131. The van der Waals surface area contributed by atoms with Gasteiger partial charge >= 0.3 is 0 Å². The predicted molar refractivity (Wildman–Crippen MR) is 87.8 cm³/mol. The number of aliphatic hydroxyl groups is 1. The maximum absolute atomic E-state index is 10.7. The number of rotatable bonds is 5. The quantitative estimate of drug-likeness (QED) is 0.883. The molecule has 1 saturated carbocycles. The molecule has 0 bridgehead atoms. The molecule has 1 N–H and O–H groups in total. The highest BCUT2D eigenvalue weighted by Crippen LogP contribution is 2.51. The second kappa shape index (κ2) is 5.82. The van der Waals surface area contributed by atoms with Gasteiger partial charge in [0.15, 0.2) is 0 Å². The van der Waals surface area contributed by atoms with Crippen molar-refractivity contribution in [2.24, 2.45) is 0 Å². The molecular weight excluding hydrogens is 328 g/mol. The molecule has 1 unspecified atom stereocenters. The lowest BCUT2D eigenvalue weighted by Crippen LogP contribution is -2.28. The molecule has 2 nitrogen and oxygen atoms in total. The zero-order valence-corrected chi connectivity index (χ0v) is 13.6. The van der Waals surface area contributed by atoms with Crippen LogP contribution in [-0.4, -0.2) is 18.3 Å². The van der Waals surface area contributed by atoms with Crippen LogP contribution < -0.4 is 4.74 Å². The minimum Gasteiger partial charge on any atom is -0.496 e. The van der Waals surface area contributed by atoms with E-state index in [0.717, 1.165) is 28.6 Å². The monoisotopic (exact) mass is 346 g/mol. The van der Waals surface area contributed by atoms with E-state index in [1.165, 1.54) is 5.56 Å². The number of benzene rings is 2. The van der Waals surface area contributed by atoms with Gasteiger partial charge < -0.3 is 9.84 Å². The third-order valence-electron chi connectivity index (χ3n) is 4.42. The lowest BCUT2D eigenvalue weighted by Gasteiger charge is -2.23. The maximum Gasteiger partial charge on any atom is 0.133 e. The molecule has 110 valence electrons. The first-order valence-corrected chi connectivity index (χ1v) is 8.01. The summed E-state index contributed by atoms with van der Waals surface area (Å²) in [6.45, 7) is 0. The molecule has 0 saturated heterocycles. The zero-order chi connectivity index (χ0) is 14.9. The van der Waals surface area contributed by atoms with E-state index in [-0.39, 0.29) is 11.5 Å². The van der Waals surface area contributed by atoms with Crippen molar-refractivity contribution in [1.29, 1.82) is 0 Å². The molecule has 0 heterocycles. The summed E-state index contributed by atoms with van der Waals surface area (Å²) >= 11 is 3.50. The summed E-state index contributed by atoms with van der Waals surface area (Å²) in [5, 5.41) is 10.7. The molecule has 1 aliphatic rings. The van der Waals surface area contributed by atoms with Gasteiger partial charge in [-0.1, -0.05) is 36.4 Å². The zero-order valence-electron chi connectivity index (χ0n) is 12.1. The molecule has 1 fully saturated rings. The Labute approximate surface area is 133 Å². The first-order chi connectivity index (χ1) is 10.2. The standard InChI is InChI=1S/C18H19BrO2/c1-21-16-8-7-13(11-15(16)19)12-17(20)18(9-10-18)14-5-3-2-4-6-14/h2-8,11,17,20H,9-10,12H2,1H3. The third kappa shape index (κ3) is 2.85. The Morgan fingerprint density at radius 1 is 1.19 bits per heavy atom. The number of ether oxygens (including phenoxy) is 1. The molecule has 21 heavy (non-hydrogen) atoms. The Hall–Kier alpha value is -1.32. The van der Waals surface area contributed by atoms with Crippen LogP contribution in [0.1, 0.15) is 24.0 Å². The SMILES string of the molecule is COc1ccc(CC(O)C2(c3ccccc3)CC2)cc1Br. The summed E-state index contributed by atoms with van der Waals surface area (Å²) in [6, 6.07) is 16.4. The molecule has 3 heteroatoms. The number of hydrogen-bond acceptors (Lipinski definition) is 2. The van der Waals surface area contributed by atoms with Crippen molar-refractivity contribution in [2.45, 2.75) is 30.8 Å². The van der Waals surface area contributed by atoms with Gasteiger partial charge in [-0.25, -0.2) is 0 Å². The molecule has 0 radical (unpaired) electrons. The molecule has 1 aliphatic carbocycles. The fraction of sp³-hybridized carbons (Fsp3) is 0.333. The highest BCUT2D eigenvalue weighted by Gasteiger charge is 2.49. The summed E-state index contributed by atoms with van der Waals surface area (Å²) in [6.07, 6.45) is 2.45. The highest BCUT2D eigenvalue weighted by atomic mass is 79.9. The van der Waals surface area contributed by atoms with Gasteiger partial charge in [0.25, 0.3) is 0 Å². The van der Waals surface area contributed by atoms with Gasteiger partial charge in [-0.2, -0.15) is 0 Å². The van der Waals surface area contributed by atoms with Crippen LogP contribution in [0.3, 0.4) is 0 Å². The largest absolute Gasteiger partial charge is 0.496 e. The van der Waals surface area contributed by atoms with E-state index in [1.807, 2.05) is 36.4 Å². The van der Waals surface area contributed by atoms with E-state index in [2.05, 4.69) is 28.1 Å². The van der Waals surface area contributed by atoms with Crippen LogP contribution >= 0.6 is 15.9 Å². The molecule has 1 atom stereocenters.